The molecule has 1 fully saturated rings. The predicted molar refractivity (Wildman–Crippen MR) is 102 cm³/mol. The SMILES string of the molecule is CCC(CC)(CN)C(=O)N1CCN(Cc2cc(Cl)ccc2OC)CC1. The first-order valence-corrected chi connectivity index (χ1v) is 9.41. The highest BCUT2D eigenvalue weighted by Gasteiger charge is 2.37. The number of benzene rings is 1. The number of rotatable bonds is 7. The standard InChI is InChI=1S/C19H30ClN3O2/c1-4-19(5-2,14-21)18(24)23-10-8-22(9-11-23)13-15-12-16(20)6-7-17(15)25-3/h6-7,12H,4-5,8-11,13-14,21H2,1-3H3. The first kappa shape index (κ1) is 20.0. The minimum Gasteiger partial charge on any atom is -0.496 e. The van der Waals surface area contributed by atoms with Gasteiger partial charge in [0.25, 0.3) is 0 Å². The van der Waals surface area contributed by atoms with Crippen molar-refractivity contribution in [1.82, 2.24) is 9.80 Å². The lowest BCUT2D eigenvalue weighted by molar-refractivity contribution is -0.144. The molecule has 5 nitrogen and oxygen atoms in total. The Morgan fingerprint density at radius 1 is 1.24 bits per heavy atom. The Balaban J connectivity index is 1.98. The van der Waals surface area contributed by atoms with Crippen molar-refractivity contribution in [2.45, 2.75) is 33.2 Å². The molecule has 25 heavy (non-hydrogen) atoms. The Morgan fingerprint density at radius 3 is 2.40 bits per heavy atom. The van der Waals surface area contributed by atoms with Crippen LogP contribution in [0.2, 0.25) is 5.02 Å². The third-order valence-corrected chi connectivity index (χ3v) is 5.73. The van der Waals surface area contributed by atoms with Crippen LogP contribution in [0.5, 0.6) is 5.75 Å². The smallest absolute Gasteiger partial charge is 0.230 e. The van der Waals surface area contributed by atoms with E-state index in [2.05, 4.69) is 18.7 Å². The molecule has 1 saturated heterocycles. The summed E-state index contributed by atoms with van der Waals surface area (Å²) in [5.74, 6) is 1.06. The van der Waals surface area contributed by atoms with E-state index in [1.165, 1.54) is 0 Å². The molecule has 2 rings (SSSR count). The van der Waals surface area contributed by atoms with Crippen LogP contribution in [0.15, 0.2) is 18.2 Å². The molecular weight excluding hydrogens is 338 g/mol. The summed E-state index contributed by atoms with van der Waals surface area (Å²) < 4.78 is 5.43. The molecule has 0 unspecified atom stereocenters. The average Bonchev–Trinajstić information content (AvgIpc) is 2.64. The van der Waals surface area contributed by atoms with Crippen LogP contribution in [0.3, 0.4) is 0 Å². The van der Waals surface area contributed by atoms with Crippen molar-refractivity contribution in [3.05, 3.63) is 28.8 Å². The Bertz CT molecular complexity index is 574. The second-order valence-electron chi connectivity index (χ2n) is 6.72. The van der Waals surface area contributed by atoms with Gasteiger partial charge in [-0.15, -0.1) is 0 Å². The van der Waals surface area contributed by atoms with E-state index < -0.39 is 5.41 Å². The lowest BCUT2D eigenvalue weighted by Gasteiger charge is -2.40. The number of carbonyl (C=O) groups is 1. The Hall–Kier alpha value is -1.30. The lowest BCUT2D eigenvalue weighted by Crippen LogP contribution is -2.54. The molecule has 1 amide bonds. The van der Waals surface area contributed by atoms with Crippen LogP contribution >= 0.6 is 11.6 Å². The van der Waals surface area contributed by atoms with Gasteiger partial charge >= 0.3 is 0 Å². The maximum atomic E-state index is 12.9. The molecule has 1 heterocycles. The van der Waals surface area contributed by atoms with E-state index >= 15 is 0 Å². The highest BCUT2D eigenvalue weighted by Crippen LogP contribution is 2.29. The number of piperazine rings is 1. The van der Waals surface area contributed by atoms with Crippen LogP contribution in [0.4, 0.5) is 0 Å². The Labute approximate surface area is 156 Å². The highest BCUT2D eigenvalue weighted by atomic mass is 35.5. The molecule has 0 spiro atoms. The average molecular weight is 368 g/mol. The number of hydrogen-bond acceptors (Lipinski definition) is 4. The largest absolute Gasteiger partial charge is 0.496 e. The molecule has 0 saturated carbocycles. The first-order valence-electron chi connectivity index (χ1n) is 9.03. The lowest BCUT2D eigenvalue weighted by atomic mass is 9.81. The molecule has 0 aromatic heterocycles. The van der Waals surface area contributed by atoms with E-state index in [-0.39, 0.29) is 5.91 Å². The van der Waals surface area contributed by atoms with Crippen LogP contribution in [-0.4, -0.2) is 55.5 Å². The summed E-state index contributed by atoms with van der Waals surface area (Å²) in [6, 6.07) is 5.68. The molecular formula is C19H30ClN3O2. The molecule has 0 radical (unpaired) electrons. The molecule has 1 aliphatic heterocycles. The van der Waals surface area contributed by atoms with Crippen LogP contribution in [-0.2, 0) is 11.3 Å². The van der Waals surface area contributed by atoms with Gasteiger partial charge in [0.2, 0.25) is 5.91 Å². The van der Waals surface area contributed by atoms with Crippen molar-refractivity contribution in [1.29, 1.82) is 0 Å². The number of halogens is 1. The van der Waals surface area contributed by atoms with Crippen LogP contribution < -0.4 is 10.5 Å². The summed E-state index contributed by atoms with van der Waals surface area (Å²) in [5.41, 5.74) is 6.60. The monoisotopic (exact) mass is 367 g/mol. The number of carbonyl (C=O) groups excluding carboxylic acids is 1. The quantitative estimate of drug-likeness (QED) is 0.805. The van der Waals surface area contributed by atoms with Gasteiger partial charge in [-0.05, 0) is 31.0 Å². The van der Waals surface area contributed by atoms with Gasteiger partial charge in [-0.3, -0.25) is 9.69 Å². The number of amides is 1. The summed E-state index contributed by atoms with van der Waals surface area (Å²) >= 11 is 6.12. The Morgan fingerprint density at radius 2 is 1.88 bits per heavy atom. The number of ether oxygens (including phenoxy) is 1. The van der Waals surface area contributed by atoms with E-state index in [0.29, 0.717) is 11.6 Å². The van der Waals surface area contributed by atoms with Gasteiger partial charge in [0.1, 0.15) is 5.75 Å². The van der Waals surface area contributed by atoms with Gasteiger partial charge in [0.15, 0.2) is 0 Å². The van der Waals surface area contributed by atoms with Crippen molar-refractivity contribution in [2.24, 2.45) is 11.1 Å². The molecule has 1 aromatic carbocycles. The molecule has 0 atom stereocenters. The van der Waals surface area contributed by atoms with E-state index in [4.69, 9.17) is 22.1 Å². The van der Waals surface area contributed by atoms with Gasteiger partial charge in [-0.25, -0.2) is 0 Å². The first-order chi connectivity index (χ1) is 12.0. The zero-order chi connectivity index (χ0) is 18.4. The summed E-state index contributed by atoms with van der Waals surface area (Å²) in [6.07, 6.45) is 1.58. The van der Waals surface area contributed by atoms with Crippen LogP contribution in [0.1, 0.15) is 32.3 Å². The molecule has 1 aliphatic rings. The fourth-order valence-electron chi connectivity index (χ4n) is 3.48. The summed E-state index contributed by atoms with van der Waals surface area (Å²) in [4.78, 5) is 17.2. The molecule has 6 heteroatoms. The fraction of sp³-hybridized carbons (Fsp3) is 0.632. The molecule has 0 aliphatic carbocycles. The molecule has 2 N–H and O–H groups in total. The van der Waals surface area contributed by atoms with Crippen molar-refractivity contribution < 1.29 is 9.53 Å². The fourth-order valence-corrected chi connectivity index (χ4v) is 3.68. The van der Waals surface area contributed by atoms with Gasteiger partial charge in [0.05, 0.1) is 12.5 Å². The summed E-state index contributed by atoms with van der Waals surface area (Å²) in [6.45, 7) is 8.46. The molecule has 140 valence electrons. The van der Waals surface area contributed by atoms with Gasteiger partial charge in [0, 0.05) is 49.9 Å². The van der Waals surface area contributed by atoms with E-state index in [9.17, 15) is 4.79 Å². The molecule has 0 bridgehead atoms. The zero-order valence-corrected chi connectivity index (χ0v) is 16.3. The van der Waals surface area contributed by atoms with Gasteiger partial charge in [-0.2, -0.15) is 0 Å². The van der Waals surface area contributed by atoms with E-state index in [1.807, 2.05) is 23.1 Å². The van der Waals surface area contributed by atoms with E-state index in [1.54, 1.807) is 7.11 Å². The number of nitrogens with two attached hydrogens (primary N) is 1. The topological polar surface area (TPSA) is 58.8 Å². The van der Waals surface area contributed by atoms with Crippen molar-refractivity contribution in [2.75, 3.05) is 39.8 Å². The maximum Gasteiger partial charge on any atom is 0.230 e. The highest BCUT2D eigenvalue weighted by molar-refractivity contribution is 6.30. The minimum absolute atomic E-state index is 0.208. The number of nitrogens with zero attached hydrogens (tertiary/aromatic N) is 2. The predicted octanol–water partition coefficient (Wildman–Crippen LogP) is 2.76. The summed E-state index contributed by atoms with van der Waals surface area (Å²) in [5, 5.41) is 0.711. The van der Waals surface area contributed by atoms with Gasteiger partial charge < -0.3 is 15.4 Å². The minimum atomic E-state index is -0.404. The van der Waals surface area contributed by atoms with Gasteiger partial charge in [-0.1, -0.05) is 25.4 Å². The van der Waals surface area contributed by atoms with Crippen molar-refractivity contribution >= 4 is 17.5 Å². The Kier molecular flexibility index (Phi) is 7.11. The van der Waals surface area contributed by atoms with Crippen LogP contribution in [0, 0.1) is 5.41 Å². The second kappa shape index (κ2) is 8.88. The number of hydrogen-bond donors (Lipinski definition) is 1. The van der Waals surface area contributed by atoms with E-state index in [0.717, 1.165) is 56.9 Å². The van der Waals surface area contributed by atoms with Crippen molar-refractivity contribution in [3.8, 4) is 5.75 Å². The third-order valence-electron chi connectivity index (χ3n) is 5.49. The summed E-state index contributed by atoms with van der Waals surface area (Å²) in [7, 11) is 1.67. The molecule has 1 aromatic rings. The van der Waals surface area contributed by atoms with Crippen molar-refractivity contribution in [3.63, 3.8) is 0 Å². The maximum absolute atomic E-state index is 12.9. The third kappa shape index (κ3) is 4.46. The normalized spacial score (nSPS) is 16.1. The zero-order valence-electron chi connectivity index (χ0n) is 15.6. The van der Waals surface area contributed by atoms with Crippen LogP contribution in [0.25, 0.3) is 0 Å². The second-order valence-corrected chi connectivity index (χ2v) is 7.15. The number of methoxy groups -OCH3 is 1.